The van der Waals surface area contributed by atoms with Gasteiger partial charge in [0.25, 0.3) is 0 Å². The van der Waals surface area contributed by atoms with Crippen LogP contribution < -0.4 is 65.9 Å². The second-order valence-electron chi connectivity index (χ2n) is 14.4. The average molecular weight is 889 g/mol. The summed E-state index contributed by atoms with van der Waals surface area (Å²) in [6, 6.07) is -10.7. The Morgan fingerprint density at radius 2 is 1.21 bits per heavy atom. The van der Waals surface area contributed by atoms with Gasteiger partial charge in [-0.05, 0) is 46.5 Å². The van der Waals surface area contributed by atoms with Gasteiger partial charge in [-0.3, -0.25) is 52.9 Å². The number of likely N-dealkylation sites (tertiary alicyclic amines) is 1. The highest BCUT2D eigenvalue weighted by atomic mass is 16.3. The van der Waals surface area contributed by atoms with Gasteiger partial charge in [0.15, 0.2) is 5.96 Å². The molecule has 1 heterocycles. The van der Waals surface area contributed by atoms with Crippen molar-refractivity contribution in [2.24, 2.45) is 33.7 Å². The van der Waals surface area contributed by atoms with Crippen molar-refractivity contribution in [3.8, 4) is 0 Å². The van der Waals surface area contributed by atoms with E-state index in [0.29, 0.717) is 12.8 Å². The number of amides is 10. The molecule has 0 aromatic carbocycles. The fourth-order valence-corrected chi connectivity index (χ4v) is 5.77. The number of carbonyl (C=O) groups is 10. The van der Waals surface area contributed by atoms with Gasteiger partial charge < -0.3 is 91.2 Å². The lowest BCUT2D eigenvalue weighted by atomic mass is 10.1. The van der Waals surface area contributed by atoms with Crippen LogP contribution in [0.2, 0.25) is 0 Å². The van der Waals surface area contributed by atoms with Crippen molar-refractivity contribution in [2.75, 3.05) is 32.8 Å². The standard InChI is InChI=1S/C34H60N14O14/c1-14(50)24(47-30(59)18(10-21(36)53)44-32(61)25(15(2)51)46-28(57)17(35)6-4-8-40-34(38)39)31(60)42-11-22(54)43-19(13-49)29(58)41-12-23(55)45-26(16(3)52)33(62)48-9-5-7-20(48)27(37)56/h14-20,24-26,49-52H,4-13,35H2,1-3H3,(H2,36,53)(H2,37,56)(H,41,58)(H,42,60)(H,43,54)(H,44,61)(H,45,55)(H,46,57)(H,47,59)(H4,38,39,40)/t14-,15-,16-,17+,18+,19+,20+,24+,25+,26+/m1/s1. The van der Waals surface area contributed by atoms with Gasteiger partial charge in [-0.25, -0.2) is 0 Å². The first kappa shape index (κ1) is 53.8. The summed E-state index contributed by atoms with van der Waals surface area (Å²) >= 11 is 0. The number of nitrogens with two attached hydrogens (primary N) is 5. The van der Waals surface area contributed by atoms with E-state index < -0.39 is 146 Å². The predicted octanol–water partition coefficient (Wildman–Crippen LogP) is -10.5. The van der Waals surface area contributed by atoms with Crippen LogP contribution in [-0.2, 0) is 47.9 Å². The molecule has 1 saturated heterocycles. The first-order valence-corrected chi connectivity index (χ1v) is 19.3. The van der Waals surface area contributed by atoms with Gasteiger partial charge in [0, 0.05) is 13.1 Å². The highest BCUT2D eigenvalue weighted by Gasteiger charge is 2.39. The Morgan fingerprint density at radius 1 is 0.677 bits per heavy atom. The number of nitrogens with zero attached hydrogens (tertiary/aromatic N) is 2. The van der Waals surface area contributed by atoms with Crippen LogP contribution in [-0.4, -0.2) is 184 Å². The number of nitrogens with one attached hydrogen (secondary N) is 7. The average Bonchev–Trinajstić information content (AvgIpc) is 3.69. The van der Waals surface area contributed by atoms with E-state index in [1.54, 1.807) is 0 Å². The van der Waals surface area contributed by atoms with Crippen LogP contribution in [0.15, 0.2) is 4.99 Å². The van der Waals surface area contributed by atoms with E-state index in [9.17, 15) is 68.4 Å². The summed E-state index contributed by atoms with van der Waals surface area (Å²) in [5.74, 6) is -10.4. The Labute approximate surface area is 355 Å². The Balaban J connectivity index is 2.85. The molecule has 0 aliphatic carbocycles. The van der Waals surface area contributed by atoms with E-state index in [0.717, 1.165) is 18.7 Å². The Morgan fingerprint density at radius 3 is 1.73 bits per heavy atom. The minimum Gasteiger partial charge on any atom is -0.394 e. The summed E-state index contributed by atoms with van der Waals surface area (Å²) in [5, 5.41) is 55.4. The van der Waals surface area contributed by atoms with Crippen molar-refractivity contribution in [3.63, 3.8) is 0 Å². The molecule has 62 heavy (non-hydrogen) atoms. The zero-order chi connectivity index (χ0) is 47.4. The maximum atomic E-state index is 13.2. The second-order valence-corrected chi connectivity index (χ2v) is 14.4. The molecule has 21 N–H and O–H groups in total. The highest BCUT2D eigenvalue weighted by molar-refractivity contribution is 5.98. The quantitative estimate of drug-likeness (QED) is 0.0218. The third kappa shape index (κ3) is 18.2. The number of aliphatic hydroxyl groups is 4. The molecule has 0 aromatic rings. The van der Waals surface area contributed by atoms with Crippen molar-refractivity contribution in [3.05, 3.63) is 0 Å². The largest absolute Gasteiger partial charge is 0.394 e. The Kier molecular flexibility index (Phi) is 22.7. The number of primary amides is 2. The molecule has 0 saturated carbocycles. The molecule has 0 spiro atoms. The predicted molar refractivity (Wildman–Crippen MR) is 213 cm³/mol. The lowest BCUT2D eigenvalue weighted by Gasteiger charge is -2.29. The topological polar surface area (TPSA) is 482 Å². The van der Waals surface area contributed by atoms with Crippen LogP contribution in [0.25, 0.3) is 0 Å². The monoisotopic (exact) mass is 888 g/mol. The van der Waals surface area contributed by atoms with E-state index in [4.69, 9.17) is 28.7 Å². The number of aliphatic imine (C=N–C) groups is 1. The zero-order valence-corrected chi connectivity index (χ0v) is 34.5. The molecule has 1 rings (SSSR count). The van der Waals surface area contributed by atoms with Gasteiger partial charge >= 0.3 is 0 Å². The molecule has 10 amide bonds. The number of guanidine groups is 1. The molecule has 1 aliphatic rings. The summed E-state index contributed by atoms with van der Waals surface area (Å²) in [4.78, 5) is 131. The van der Waals surface area contributed by atoms with Crippen molar-refractivity contribution in [1.29, 1.82) is 0 Å². The summed E-state index contributed by atoms with van der Waals surface area (Å²) in [5.41, 5.74) is 26.9. The van der Waals surface area contributed by atoms with Crippen LogP contribution in [0.1, 0.15) is 52.9 Å². The van der Waals surface area contributed by atoms with E-state index in [1.165, 1.54) is 6.92 Å². The van der Waals surface area contributed by atoms with Gasteiger partial charge in [0.05, 0.1) is 50.5 Å². The minimum atomic E-state index is -1.84. The minimum absolute atomic E-state index is 0.0751. The first-order valence-electron chi connectivity index (χ1n) is 19.3. The summed E-state index contributed by atoms with van der Waals surface area (Å²) in [6.45, 7) is 1.02. The molecule has 1 fully saturated rings. The van der Waals surface area contributed by atoms with Gasteiger partial charge in [-0.15, -0.1) is 0 Å². The first-order chi connectivity index (χ1) is 28.9. The van der Waals surface area contributed by atoms with Crippen molar-refractivity contribution < 1.29 is 68.4 Å². The van der Waals surface area contributed by atoms with Crippen LogP contribution in [0, 0.1) is 0 Å². The number of rotatable bonds is 26. The van der Waals surface area contributed by atoms with Crippen molar-refractivity contribution in [1.82, 2.24) is 42.1 Å². The van der Waals surface area contributed by atoms with E-state index in [1.807, 2.05) is 0 Å². The molecule has 10 atom stereocenters. The normalized spacial score (nSPS) is 17.7. The summed E-state index contributed by atoms with van der Waals surface area (Å²) in [6.07, 6.45) is -4.39. The highest BCUT2D eigenvalue weighted by Crippen LogP contribution is 2.18. The van der Waals surface area contributed by atoms with Crippen LogP contribution >= 0.6 is 0 Å². The third-order valence-electron chi connectivity index (χ3n) is 9.08. The smallest absolute Gasteiger partial charge is 0.248 e. The van der Waals surface area contributed by atoms with Crippen molar-refractivity contribution in [2.45, 2.75) is 113 Å². The molecule has 0 aromatic heterocycles. The van der Waals surface area contributed by atoms with Crippen LogP contribution in [0.4, 0.5) is 0 Å². The van der Waals surface area contributed by atoms with Crippen LogP contribution in [0.5, 0.6) is 0 Å². The van der Waals surface area contributed by atoms with Gasteiger partial charge in [0.2, 0.25) is 59.1 Å². The molecule has 1 aliphatic heterocycles. The molecule has 28 heteroatoms. The van der Waals surface area contributed by atoms with Crippen molar-refractivity contribution >= 4 is 65.0 Å². The fourth-order valence-electron chi connectivity index (χ4n) is 5.77. The van der Waals surface area contributed by atoms with E-state index in [2.05, 4.69) is 42.2 Å². The third-order valence-corrected chi connectivity index (χ3v) is 9.08. The Bertz CT molecular complexity index is 1660. The molecule has 350 valence electrons. The second kappa shape index (κ2) is 26.2. The molecular formula is C34H60N14O14. The van der Waals surface area contributed by atoms with E-state index in [-0.39, 0.29) is 31.9 Å². The zero-order valence-electron chi connectivity index (χ0n) is 34.5. The molecule has 0 radical (unpaired) electrons. The van der Waals surface area contributed by atoms with Crippen LogP contribution in [0.3, 0.4) is 0 Å². The fraction of sp³-hybridized carbons (Fsp3) is 0.676. The molecule has 28 nitrogen and oxygen atoms in total. The Hall–Kier alpha value is -6.23. The lowest BCUT2D eigenvalue weighted by Crippen LogP contribution is -2.61. The lowest BCUT2D eigenvalue weighted by molar-refractivity contribution is -0.143. The number of hydrogen-bond donors (Lipinski definition) is 16. The molecule has 0 bridgehead atoms. The molecular weight excluding hydrogens is 828 g/mol. The maximum Gasteiger partial charge on any atom is 0.248 e. The van der Waals surface area contributed by atoms with E-state index >= 15 is 0 Å². The van der Waals surface area contributed by atoms with Gasteiger partial charge in [-0.1, -0.05) is 0 Å². The number of hydrogen-bond acceptors (Lipinski definition) is 16. The number of carbonyl (C=O) groups excluding carboxylic acids is 10. The van der Waals surface area contributed by atoms with Gasteiger partial charge in [-0.2, -0.15) is 0 Å². The van der Waals surface area contributed by atoms with Gasteiger partial charge in [0.1, 0.15) is 36.3 Å². The SMILES string of the molecule is C[C@@H](O)[C@H](NC(=O)[C@H](CC(N)=O)NC(=O)[C@@H](NC(=O)[C@@H](N)CCCN=C(N)N)[C@@H](C)O)C(=O)NCC(=O)N[C@@H](CO)C(=O)NCC(=O)N[C@H](C(=O)N1CCC[C@H]1C(N)=O)[C@@H](C)O. The maximum absolute atomic E-state index is 13.2. The summed E-state index contributed by atoms with van der Waals surface area (Å²) < 4.78 is 0. The summed E-state index contributed by atoms with van der Waals surface area (Å²) in [7, 11) is 0. The molecule has 0 unspecified atom stereocenters. The number of aliphatic hydroxyl groups excluding tert-OH is 4.